The highest BCUT2D eigenvalue weighted by molar-refractivity contribution is 7.11. The van der Waals surface area contributed by atoms with E-state index in [4.69, 9.17) is 0 Å². The molecule has 0 spiro atoms. The predicted octanol–water partition coefficient (Wildman–Crippen LogP) is 9.96. The molecule has 5 heteroatoms. The highest BCUT2D eigenvalue weighted by atomic mass is 32.1. The fourth-order valence-electron chi connectivity index (χ4n) is 2.74. The van der Waals surface area contributed by atoms with Gasteiger partial charge in [-0.05, 0) is 97.6 Å². The Hall–Kier alpha value is -2.79. The van der Waals surface area contributed by atoms with Crippen LogP contribution in [0.5, 0.6) is 0 Å². The predicted molar refractivity (Wildman–Crippen MR) is 170 cm³/mol. The molecule has 0 aliphatic heterocycles. The van der Waals surface area contributed by atoms with Crippen molar-refractivity contribution in [3.8, 4) is 0 Å². The lowest BCUT2D eigenvalue weighted by molar-refractivity contribution is 0.730. The van der Waals surface area contributed by atoms with Gasteiger partial charge in [-0.25, -0.2) is 4.98 Å². The molecule has 4 aromatic rings. The zero-order valence-electron chi connectivity index (χ0n) is 22.2. The van der Waals surface area contributed by atoms with E-state index in [-0.39, 0.29) is 29.7 Å². The fourth-order valence-corrected chi connectivity index (χ4v) is 3.56. The second-order valence-electron chi connectivity index (χ2n) is 8.28. The Balaban J connectivity index is -0.000000190. The molecule has 0 radical (unpaired) electrons. The van der Waals surface area contributed by atoms with Crippen LogP contribution >= 0.6 is 11.3 Å². The average Bonchev–Trinajstić information content (AvgIpc) is 3.18. The Labute approximate surface area is 234 Å². The minimum absolute atomic E-state index is 0. The topological polar surface area (TPSA) is 43.6 Å². The van der Waals surface area contributed by atoms with Crippen molar-refractivity contribution >= 4 is 11.3 Å². The molecule has 0 atom stereocenters. The van der Waals surface area contributed by atoms with E-state index < -0.39 is 0 Å². The van der Waals surface area contributed by atoms with Crippen molar-refractivity contribution in [2.45, 2.75) is 98.9 Å². The Morgan fingerprint density at radius 3 is 1.30 bits per heavy atom. The molecule has 4 rings (SSSR count). The lowest BCUT2D eigenvalue weighted by Gasteiger charge is -1.93. The third kappa shape index (κ3) is 14.5. The normalized spacial score (nSPS) is 8.62. The van der Waals surface area contributed by atoms with Crippen LogP contribution < -0.4 is 0 Å². The van der Waals surface area contributed by atoms with Gasteiger partial charge in [0.2, 0.25) is 0 Å². The summed E-state index contributed by atoms with van der Waals surface area (Å²) < 4.78 is 1.91. The lowest BCUT2D eigenvalue weighted by atomic mass is 10.1. The van der Waals surface area contributed by atoms with E-state index >= 15 is 0 Å². The smallest absolute Gasteiger partial charge is 0.0899 e. The summed E-state index contributed by atoms with van der Waals surface area (Å²) in [4.78, 5) is 9.64. The molecule has 0 aliphatic rings. The number of aromatic nitrogens is 4. The number of aryl methyl sites for hydroxylation is 9. The lowest BCUT2D eigenvalue weighted by Crippen LogP contribution is -1.92. The zero-order chi connectivity index (χ0) is 25.1. The van der Waals surface area contributed by atoms with Crippen LogP contribution in [0.2, 0.25) is 0 Å². The van der Waals surface area contributed by atoms with Crippen LogP contribution in [0.15, 0.2) is 42.6 Å². The van der Waals surface area contributed by atoms with Crippen LogP contribution in [0.1, 0.15) is 84.6 Å². The fraction of sp³-hybridized carbons (Fsp3) is 0.469. The van der Waals surface area contributed by atoms with Crippen LogP contribution in [0.3, 0.4) is 0 Å². The second kappa shape index (κ2) is 20.3. The van der Waals surface area contributed by atoms with E-state index in [2.05, 4.69) is 86.9 Å². The molecule has 0 bridgehead atoms. The van der Waals surface area contributed by atoms with Crippen molar-refractivity contribution in [2.75, 3.05) is 0 Å². The number of nitrogens with zero attached hydrogens (tertiary/aromatic N) is 4. The van der Waals surface area contributed by atoms with Crippen LogP contribution in [-0.4, -0.2) is 19.7 Å². The Kier molecular flexibility index (Phi) is 22.7. The van der Waals surface area contributed by atoms with Gasteiger partial charge in [0.25, 0.3) is 0 Å². The quantitative estimate of drug-likeness (QED) is 0.228. The SMILES string of the molecule is C.C.C.C.Cc1ccccc1C.Cc1cccnc1C.Cc1nc(C)c(C)s1.Cc1nn(C)c(C)c1C. The highest BCUT2D eigenvalue weighted by Crippen LogP contribution is 2.14. The van der Waals surface area contributed by atoms with E-state index in [0.717, 1.165) is 11.4 Å². The van der Waals surface area contributed by atoms with Crippen LogP contribution in [0.25, 0.3) is 0 Å². The molecule has 0 unspecified atom stereocenters. The van der Waals surface area contributed by atoms with Gasteiger partial charge in [-0.15, -0.1) is 11.3 Å². The molecule has 0 amide bonds. The van der Waals surface area contributed by atoms with Gasteiger partial charge in [-0.1, -0.05) is 60.0 Å². The molecule has 4 nitrogen and oxygen atoms in total. The zero-order valence-corrected chi connectivity index (χ0v) is 23.1. The van der Waals surface area contributed by atoms with Crippen molar-refractivity contribution < 1.29 is 0 Å². The molecule has 1 aromatic carbocycles. The van der Waals surface area contributed by atoms with E-state index in [9.17, 15) is 0 Å². The maximum Gasteiger partial charge on any atom is 0.0899 e. The van der Waals surface area contributed by atoms with Crippen molar-refractivity contribution in [3.63, 3.8) is 0 Å². The van der Waals surface area contributed by atoms with Crippen LogP contribution in [-0.2, 0) is 7.05 Å². The molecule has 3 aromatic heterocycles. The first-order valence-corrected chi connectivity index (χ1v) is 12.0. The maximum absolute atomic E-state index is 4.23. The molecule has 210 valence electrons. The van der Waals surface area contributed by atoms with Crippen molar-refractivity contribution in [1.82, 2.24) is 19.7 Å². The summed E-state index contributed by atoms with van der Waals surface area (Å²) in [5.74, 6) is 0. The van der Waals surface area contributed by atoms with Gasteiger partial charge in [0, 0.05) is 29.5 Å². The molecule has 0 fully saturated rings. The van der Waals surface area contributed by atoms with E-state index in [1.807, 2.05) is 51.7 Å². The summed E-state index contributed by atoms with van der Waals surface area (Å²) >= 11 is 1.76. The summed E-state index contributed by atoms with van der Waals surface area (Å²) in [7, 11) is 1.97. The largest absolute Gasteiger partial charge is 0.272 e. The average molecular weight is 529 g/mol. The Morgan fingerprint density at radius 1 is 0.622 bits per heavy atom. The third-order valence-electron chi connectivity index (χ3n) is 5.70. The number of thiazole rings is 1. The number of rotatable bonds is 0. The second-order valence-corrected chi connectivity index (χ2v) is 9.69. The minimum Gasteiger partial charge on any atom is -0.272 e. The van der Waals surface area contributed by atoms with Gasteiger partial charge >= 0.3 is 0 Å². The molecule has 3 heterocycles. The molecule has 0 N–H and O–H groups in total. The van der Waals surface area contributed by atoms with Crippen molar-refractivity contribution in [2.24, 2.45) is 7.05 Å². The van der Waals surface area contributed by atoms with Gasteiger partial charge in [0.05, 0.1) is 16.4 Å². The first-order chi connectivity index (χ1) is 15.4. The van der Waals surface area contributed by atoms with E-state index in [1.165, 1.54) is 43.5 Å². The number of hydrogen-bond acceptors (Lipinski definition) is 4. The minimum atomic E-state index is 0. The van der Waals surface area contributed by atoms with E-state index in [0.29, 0.717) is 0 Å². The van der Waals surface area contributed by atoms with Gasteiger partial charge < -0.3 is 0 Å². The Bertz CT molecular complexity index is 1010. The first kappa shape index (κ1) is 41.3. The molecular formula is C32H56N4S. The van der Waals surface area contributed by atoms with Crippen molar-refractivity contribution in [1.29, 1.82) is 0 Å². The number of pyridine rings is 1. The van der Waals surface area contributed by atoms with Gasteiger partial charge in [-0.3, -0.25) is 9.67 Å². The number of benzene rings is 1. The van der Waals surface area contributed by atoms with Crippen LogP contribution in [0, 0.1) is 69.2 Å². The third-order valence-corrected chi connectivity index (χ3v) is 6.69. The standard InChI is InChI=1S/C8H10.C7H12N2.C7H9N.C6H9NS.4CH4/c1-7-5-3-4-6-8(7)2;1-5-6(2)8-9(4)7(5)3;1-6-4-3-5-8-7(6)2;1-4-5(2)8-6(3)7-4;;;;/h3-6H,1-2H3;1-4H3;3-5H,1-2H3;1-3H3;4*1H4. The van der Waals surface area contributed by atoms with Gasteiger partial charge in [-0.2, -0.15) is 5.10 Å². The molecule has 0 saturated heterocycles. The summed E-state index contributed by atoms with van der Waals surface area (Å²) in [6, 6.07) is 12.4. The molecule has 0 aliphatic carbocycles. The van der Waals surface area contributed by atoms with Gasteiger partial charge in [0.15, 0.2) is 0 Å². The molecule has 37 heavy (non-hydrogen) atoms. The Morgan fingerprint density at radius 2 is 1.11 bits per heavy atom. The molecular weight excluding hydrogens is 472 g/mol. The summed E-state index contributed by atoms with van der Waals surface area (Å²) in [5, 5.41) is 5.39. The maximum atomic E-state index is 4.23. The van der Waals surface area contributed by atoms with Gasteiger partial charge in [0.1, 0.15) is 0 Å². The summed E-state index contributed by atoms with van der Waals surface area (Å²) in [6.45, 7) is 20.7. The van der Waals surface area contributed by atoms with E-state index in [1.54, 1.807) is 11.3 Å². The molecule has 0 saturated carbocycles. The van der Waals surface area contributed by atoms with Crippen molar-refractivity contribution in [3.05, 3.63) is 97.5 Å². The monoisotopic (exact) mass is 528 g/mol. The summed E-state index contributed by atoms with van der Waals surface area (Å²) in [6.07, 6.45) is 1.81. The highest BCUT2D eigenvalue weighted by Gasteiger charge is 2.01. The summed E-state index contributed by atoms with van der Waals surface area (Å²) in [5.41, 5.74) is 9.98. The van der Waals surface area contributed by atoms with Crippen LogP contribution in [0.4, 0.5) is 0 Å². The number of hydrogen-bond donors (Lipinski definition) is 0. The first-order valence-electron chi connectivity index (χ1n) is 11.2.